The summed E-state index contributed by atoms with van der Waals surface area (Å²) < 4.78 is 42.8. The molecular formula is C20H21N3O8S. The normalized spacial score (nSPS) is 15.9. The fraction of sp³-hybridized carbons (Fsp3) is 0.350. The predicted octanol–water partition coefficient (Wildman–Crippen LogP) is 2.17. The number of amides is 1. The number of fused-ring (bicyclic) bond motifs is 1. The van der Waals surface area contributed by atoms with E-state index in [1.165, 1.54) is 16.4 Å². The molecule has 2 aromatic carbocycles. The lowest BCUT2D eigenvalue weighted by atomic mass is 10.2. The SMILES string of the molecule is O=C(COc1ccc(S(=O)(=O)N2CCCC2)cc1[N+](=O)[O-])Nc1ccc2c(c1)OCCO2. The molecule has 0 spiro atoms. The number of sulfonamides is 1. The lowest BCUT2D eigenvalue weighted by molar-refractivity contribution is -0.386. The van der Waals surface area contributed by atoms with Crippen LogP contribution in [0.3, 0.4) is 0 Å². The van der Waals surface area contributed by atoms with Crippen molar-refractivity contribution in [2.75, 3.05) is 38.2 Å². The van der Waals surface area contributed by atoms with Crippen molar-refractivity contribution in [1.29, 1.82) is 0 Å². The number of carbonyl (C=O) groups excluding carboxylic acids is 1. The summed E-state index contributed by atoms with van der Waals surface area (Å²) >= 11 is 0. The molecule has 1 fully saturated rings. The van der Waals surface area contributed by atoms with Gasteiger partial charge in [0.1, 0.15) is 13.2 Å². The second-order valence-corrected chi connectivity index (χ2v) is 9.13. The molecule has 12 heteroatoms. The third-order valence-corrected chi connectivity index (χ3v) is 6.91. The van der Waals surface area contributed by atoms with E-state index in [4.69, 9.17) is 14.2 Å². The maximum absolute atomic E-state index is 12.7. The average Bonchev–Trinajstić information content (AvgIpc) is 3.33. The number of hydrogen-bond donors (Lipinski definition) is 1. The van der Waals surface area contributed by atoms with Crippen LogP contribution in [0.4, 0.5) is 11.4 Å². The first-order valence-electron chi connectivity index (χ1n) is 9.95. The quantitative estimate of drug-likeness (QED) is 0.487. The molecule has 0 bridgehead atoms. The molecule has 2 aliphatic heterocycles. The van der Waals surface area contributed by atoms with Crippen molar-refractivity contribution in [3.05, 3.63) is 46.5 Å². The number of anilines is 1. The maximum Gasteiger partial charge on any atom is 0.312 e. The number of ether oxygens (including phenoxy) is 3. The van der Waals surface area contributed by atoms with Gasteiger partial charge in [0.15, 0.2) is 23.9 Å². The summed E-state index contributed by atoms with van der Waals surface area (Å²) in [6.07, 6.45) is 1.50. The van der Waals surface area contributed by atoms with E-state index >= 15 is 0 Å². The Balaban J connectivity index is 1.44. The first-order valence-corrected chi connectivity index (χ1v) is 11.4. The maximum atomic E-state index is 12.7. The van der Waals surface area contributed by atoms with Gasteiger partial charge in [-0.25, -0.2) is 8.42 Å². The molecule has 11 nitrogen and oxygen atoms in total. The van der Waals surface area contributed by atoms with E-state index in [0.29, 0.717) is 43.5 Å². The summed E-state index contributed by atoms with van der Waals surface area (Å²) in [6.45, 7) is 1.11. The van der Waals surface area contributed by atoms with Crippen LogP contribution in [0.2, 0.25) is 0 Å². The van der Waals surface area contributed by atoms with E-state index in [1.807, 2.05) is 0 Å². The second kappa shape index (κ2) is 9.01. The molecular weight excluding hydrogens is 442 g/mol. The van der Waals surface area contributed by atoms with Gasteiger partial charge in [-0.2, -0.15) is 4.31 Å². The Labute approximate surface area is 184 Å². The van der Waals surface area contributed by atoms with E-state index in [1.54, 1.807) is 18.2 Å². The van der Waals surface area contributed by atoms with E-state index in [9.17, 15) is 23.3 Å². The van der Waals surface area contributed by atoms with Crippen molar-refractivity contribution in [2.45, 2.75) is 17.7 Å². The van der Waals surface area contributed by atoms with Crippen LogP contribution in [0, 0.1) is 10.1 Å². The van der Waals surface area contributed by atoms with Crippen LogP contribution in [0.15, 0.2) is 41.3 Å². The first kappa shape index (κ1) is 21.8. The zero-order chi connectivity index (χ0) is 22.7. The molecule has 1 amide bonds. The zero-order valence-corrected chi connectivity index (χ0v) is 17.8. The van der Waals surface area contributed by atoms with Crippen molar-refractivity contribution in [3.63, 3.8) is 0 Å². The number of hydrogen-bond acceptors (Lipinski definition) is 8. The molecule has 0 atom stereocenters. The van der Waals surface area contributed by atoms with E-state index in [2.05, 4.69) is 5.32 Å². The van der Waals surface area contributed by atoms with Crippen LogP contribution in [0.5, 0.6) is 17.2 Å². The Hall–Kier alpha value is -3.38. The lowest BCUT2D eigenvalue weighted by Crippen LogP contribution is -2.28. The van der Waals surface area contributed by atoms with E-state index in [0.717, 1.165) is 18.9 Å². The molecule has 4 rings (SSSR count). The van der Waals surface area contributed by atoms with Crippen LogP contribution in [0.25, 0.3) is 0 Å². The Morgan fingerprint density at radius 3 is 2.53 bits per heavy atom. The minimum atomic E-state index is -3.82. The topological polar surface area (TPSA) is 137 Å². The number of nitrogens with zero attached hydrogens (tertiary/aromatic N) is 2. The summed E-state index contributed by atoms with van der Waals surface area (Å²) in [6, 6.07) is 8.29. The molecule has 0 saturated carbocycles. The molecule has 170 valence electrons. The van der Waals surface area contributed by atoms with Gasteiger partial charge < -0.3 is 19.5 Å². The van der Waals surface area contributed by atoms with Crippen molar-refractivity contribution in [1.82, 2.24) is 4.31 Å². The van der Waals surface area contributed by atoms with Crippen LogP contribution in [-0.4, -0.2) is 56.5 Å². The monoisotopic (exact) mass is 463 g/mol. The van der Waals surface area contributed by atoms with Crippen LogP contribution < -0.4 is 19.5 Å². The molecule has 0 radical (unpaired) electrons. The van der Waals surface area contributed by atoms with Crippen molar-refractivity contribution < 1.29 is 32.3 Å². The Bertz CT molecular complexity index is 1150. The summed E-state index contributed by atoms with van der Waals surface area (Å²) in [5, 5.41) is 14.1. The van der Waals surface area contributed by atoms with Crippen LogP contribution in [0.1, 0.15) is 12.8 Å². The van der Waals surface area contributed by atoms with Gasteiger partial charge in [0.05, 0.1) is 9.82 Å². The highest BCUT2D eigenvalue weighted by atomic mass is 32.2. The van der Waals surface area contributed by atoms with Gasteiger partial charge in [-0.1, -0.05) is 0 Å². The van der Waals surface area contributed by atoms with Crippen molar-refractivity contribution in [2.24, 2.45) is 0 Å². The lowest BCUT2D eigenvalue weighted by Gasteiger charge is -2.19. The molecule has 2 aliphatic rings. The Kier molecular flexibility index (Phi) is 6.15. The smallest absolute Gasteiger partial charge is 0.312 e. The van der Waals surface area contributed by atoms with Crippen molar-refractivity contribution >= 4 is 27.3 Å². The highest BCUT2D eigenvalue weighted by Crippen LogP contribution is 2.33. The highest BCUT2D eigenvalue weighted by molar-refractivity contribution is 7.89. The molecule has 1 saturated heterocycles. The molecule has 2 aromatic rings. The van der Waals surface area contributed by atoms with Gasteiger partial charge in [0, 0.05) is 30.9 Å². The number of carbonyl (C=O) groups is 1. The van der Waals surface area contributed by atoms with Gasteiger partial charge in [0.2, 0.25) is 10.0 Å². The number of nitrogens with one attached hydrogen (secondary N) is 1. The molecule has 32 heavy (non-hydrogen) atoms. The molecule has 0 aromatic heterocycles. The average molecular weight is 463 g/mol. The zero-order valence-electron chi connectivity index (χ0n) is 17.0. The summed E-state index contributed by atoms with van der Waals surface area (Å²) in [5.41, 5.74) is -0.0817. The summed E-state index contributed by atoms with van der Waals surface area (Å²) in [4.78, 5) is 22.8. The highest BCUT2D eigenvalue weighted by Gasteiger charge is 2.30. The number of nitro benzene ring substituents is 1. The van der Waals surface area contributed by atoms with Crippen LogP contribution >= 0.6 is 0 Å². The third-order valence-electron chi connectivity index (χ3n) is 5.01. The molecule has 0 unspecified atom stereocenters. The molecule has 1 N–H and O–H groups in total. The van der Waals surface area contributed by atoms with Gasteiger partial charge in [-0.3, -0.25) is 14.9 Å². The minimum Gasteiger partial charge on any atom is -0.486 e. The van der Waals surface area contributed by atoms with E-state index in [-0.39, 0.29) is 10.6 Å². The minimum absolute atomic E-state index is 0.181. The van der Waals surface area contributed by atoms with Gasteiger partial charge in [-0.05, 0) is 37.1 Å². The standard InChI is InChI=1S/C20H21N3O8S/c24-20(21-14-3-5-18-19(11-14)30-10-9-29-18)13-31-17-6-4-15(12-16(17)23(25)26)32(27,28)22-7-1-2-8-22/h3-6,11-12H,1-2,7-10,13H2,(H,21,24). The first-order chi connectivity index (χ1) is 15.3. The fourth-order valence-corrected chi connectivity index (χ4v) is 5.00. The number of rotatable bonds is 7. The largest absolute Gasteiger partial charge is 0.486 e. The van der Waals surface area contributed by atoms with E-state index < -0.39 is 33.1 Å². The van der Waals surface area contributed by atoms with Crippen molar-refractivity contribution in [3.8, 4) is 17.2 Å². The summed E-state index contributed by atoms with van der Waals surface area (Å²) in [7, 11) is -3.82. The second-order valence-electron chi connectivity index (χ2n) is 7.19. The number of nitro groups is 1. The van der Waals surface area contributed by atoms with Gasteiger partial charge in [0.25, 0.3) is 5.91 Å². The molecule has 0 aliphatic carbocycles. The Morgan fingerprint density at radius 1 is 1.09 bits per heavy atom. The predicted molar refractivity (Wildman–Crippen MR) is 113 cm³/mol. The number of benzene rings is 2. The van der Waals surface area contributed by atoms with Crippen LogP contribution in [-0.2, 0) is 14.8 Å². The van der Waals surface area contributed by atoms with Gasteiger partial charge in [-0.15, -0.1) is 0 Å². The molecule has 2 heterocycles. The van der Waals surface area contributed by atoms with Gasteiger partial charge >= 0.3 is 5.69 Å². The third kappa shape index (κ3) is 4.60. The Morgan fingerprint density at radius 2 is 1.81 bits per heavy atom. The fourth-order valence-electron chi connectivity index (χ4n) is 3.46. The summed E-state index contributed by atoms with van der Waals surface area (Å²) in [5.74, 6) is 0.322.